The first-order valence-electron chi connectivity index (χ1n) is 7.85. The lowest BCUT2D eigenvalue weighted by Crippen LogP contribution is -2.38. The van der Waals surface area contributed by atoms with E-state index in [9.17, 15) is 4.79 Å². The molecule has 0 aromatic carbocycles. The van der Waals surface area contributed by atoms with E-state index in [1.165, 1.54) is 0 Å². The van der Waals surface area contributed by atoms with Gasteiger partial charge in [-0.05, 0) is 25.7 Å². The topological polar surface area (TPSA) is 91.5 Å². The second kappa shape index (κ2) is 9.74. The Hall–Kier alpha value is -1.32. The molecule has 1 aliphatic carbocycles. The van der Waals surface area contributed by atoms with Crippen LogP contribution in [-0.4, -0.2) is 36.2 Å². The molecule has 0 radical (unpaired) electrons. The molecular formula is C15H26IN5O2. The Morgan fingerprint density at radius 3 is 2.74 bits per heavy atom. The van der Waals surface area contributed by atoms with Crippen molar-refractivity contribution in [3.63, 3.8) is 0 Å². The maximum atomic E-state index is 11.7. The van der Waals surface area contributed by atoms with Crippen LogP contribution < -0.4 is 16.0 Å². The van der Waals surface area contributed by atoms with Gasteiger partial charge < -0.3 is 20.5 Å². The van der Waals surface area contributed by atoms with Gasteiger partial charge in [-0.1, -0.05) is 19.0 Å². The van der Waals surface area contributed by atoms with Crippen LogP contribution in [0.25, 0.3) is 0 Å². The molecule has 3 N–H and O–H groups in total. The summed E-state index contributed by atoms with van der Waals surface area (Å²) in [7, 11) is 0. The maximum Gasteiger partial charge on any atom is 0.242 e. The maximum absolute atomic E-state index is 11.7. The molecule has 1 aromatic rings. The number of guanidine groups is 1. The molecule has 0 atom stereocenters. The van der Waals surface area contributed by atoms with Crippen molar-refractivity contribution < 1.29 is 9.32 Å². The molecule has 0 saturated heterocycles. The van der Waals surface area contributed by atoms with Crippen LogP contribution in [0.5, 0.6) is 0 Å². The van der Waals surface area contributed by atoms with Crippen LogP contribution in [0.3, 0.4) is 0 Å². The molecule has 23 heavy (non-hydrogen) atoms. The van der Waals surface area contributed by atoms with Gasteiger partial charge in [-0.3, -0.25) is 4.79 Å². The fourth-order valence-corrected chi connectivity index (χ4v) is 1.85. The van der Waals surface area contributed by atoms with Crippen molar-refractivity contribution in [1.82, 2.24) is 21.1 Å². The van der Waals surface area contributed by atoms with Crippen molar-refractivity contribution in [2.45, 2.75) is 52.1 Å². The van der Waals surface area contributed by atoms with E-state index < -0.39 is 0 Å². The summed E-state index contributed by atoms with van der Waals surface area (Å²) < 4.78 is 5.27. The monoisotopic (exact) mass is 435 g/mol. The van der Waals surface area contributed by atoms with Gasteiger partial charge in [0.05, 0.1) is 12.2 Å². The molecule has 7 nitrogen and oxygen atoms in total. The Morgan fingerprint density at radius 1 is 1.43 bits per heavy atom. The van der Waals surface area contributed by atoms with E-state index in [-0.39, 0.29) is 36.4 Å². The van der Waals surface area contributed by atoms with Crippen molar-refractivity contribution >= 4 is 35.8 Å². The van der Waals surface area contributed by atoms with Crippen molar-refractivity contribution in [2.24, 2.45) is 4.99 Å². The van der Waals surface area contributed by atoms with Crippen LogP contribution in [0.2, 0.25) is 0 Å². The van der Waals surface area contributed by atoms with Crippen molar-refractivity contribution in [3.05, 3.63) is 17.5 Å². The second-order valence-electron chi connectivity index (χ2n) is 5.76. The second-order valence-corrected chi connectivity index (χ2v) is 5.76. The Morgan fingerprint density at radius 2 is 2.17 bits per heavy atom. The van der Waals surface area contributed by atoms with E-state index in [0.29, 0.717) is 24.5 Å². The molecule has 8 heteroatoms. The van der Waals surface area contributed by atoms with Crippen LogP contribution in [0.1, 0.15) is 51.0 Å². The molecule has 1 heterocycles. The lowest BCUT2D eigenvalue weighted by Gasteiger charge is -2.09. The molecular weight excluding hydrogens is 409 g/mol. The molecule has 0 unspecified atom stereocenters. The molecule has 1 aromatic heterocycles. The summed E-state index contributed by atoms with van der Waals surface area (Å²) in [6.45, 7) is 7.45. The molecule has 1 fully saturated rings. The van der Waals surface area contributed by atoms with E-state index in [1.807, 2.05) is 13.0 Å². The summed E-state index contributed by atoms with van der Waals surface area (Å²) in [4.78, 5) is 15.9. The number of rotatable bonds is 7. The number of carbonyl (C=O) groups excluding carboxylic acids is 1. The van der Waals surface area contributed by atoms with Crippen LogP contribution in [0, 0.1) is 0 Å². The number of carbonyl (C=O) groups is 1. The smallest absolute Gasteiger partial charge is 0.242 e. The van der Waals surface area contributed by atoms with Crippen LogP contribution in [0.4, 0.5) is 0 Å². The third kappa shape index (κ3) is 7.19. The van der Waals surface area contributed by atoms with Gasteiger partial charge >= 0.3 is 0 Å². The Labute approximate surface area is 154 Å². The Balaban J connectivity index is 0.00000264. The zero-order valence-electron chi connectivity index (χ0n) is 13.9. The number of hydrogen-bond donors (Lipinski definition) is 3. The van der Waals surface area contributed by atoms with Crippen molar-refractivity contribution in [3.8, 4) is 0 Å². The van der Waals surface area contributed by atoms with Gasteiger partial charge in [0, 0.05) is 18.7 Å². The highest BCUT2D eigenvalue weighted by atomic mass is 127. The fraction of sp³-hybridized carbons (Fsp3) is 0.667. The molecule has 130 valence electrons. The summed E-state index contributed by atoms with van der Waals surface area (Å²) >= 11 is 0. The molecule has 1 amide bonds. The van der Waals surface area contributed by atoms with Gasteiger partial charge in [0.15, 0.2) is 11.7 Å². The SMILES string of the molecule is CCNC(=NCC(=O)NC1CC1)NCc1cc(C(C)C)no1.I. The highest BCUT2D eigenvalue weighted by molar-refractivity contribution is 14.0. The minimum atomic E-state index is -0.0403. The number of aromatic nitrogens is 1. The summed E-state index contributed by atoms with van der Waals surface area (Å²) in [5.74, 6) is 1.64. The summed E-state index contributed by atoms with van der Waals surface area (Å²) in [5, 5.41) is 13.2. The predicted molar refractivity (Wildman–Crippen MR) is 100.0 cm³/mol. The van der Waals surface area contributed by atoms with E-state index in [4.69, 9.17) is 4.52 Å². The van der Waals surface area contributed by atoms with E-state index in [0.717, 1.165) is 30.8 Å². The highest BCUT2D eigenvalue weighted by Gasteiger charge is 2.22. The van der Waals surface area contributed by atoms with Gasteiger partial charge in [0.1, 0.15) is 6.54 Å². The quantitative estimate of drug-likeness (QED) is 0.345. The summed E-state index contributed by atoms with van der Waals surface area (Å²) in [5.41, 5.74) is 0.933. The molecule has 0 bridgehead atoms. The minimum Gasteiger partial charge on any atom is -0.359 e. The van der Waals surface area contributed by atoms with Gasteiger partial charge in [0.2, 0.25) is 5.91 Å². The standard InChI is InChI=1S/C15H25N5O2.HI/c1-4-16-15(18-9-14(21)19-11-5-6-11)17-8-12-7-13(10(2)3)20-22-12;/h7,10-11H,4-6,8-9H2,1-3H3,(H,19,21)(H2,16,17,18);1H. The van der Waals surface area contributed by atoms with Crippen LogP contribution in [-0.2, 0) is 11.3 Å². The summed E-state index contributed by atoms with van der Waals surface area (Å²) in [6.07, 6.45) is 2.16. The number of aliphatic imine (C=N–C) groups is 1. The highest BCUT2D eigenvalue weighted by Crippen LogP contribution is 2.18. The van der Waals surface area contributed by atoms with Crippen LogP contribution in [0.15, 0.2) is 15.6 Å². The normalized spacial score (nSPS) is 14.3. The first kappa shape index (κ1) is 19.7. The fourth-order valence-electron chi connectivity index (χ4n) is 1.85. The zero-order valence-corrected chi connectivity index (χ0v) is 16.2. The number of halogens is 1. The van der Waals surface area contributed by atoms with Gasteiger partial charge in [-0.25, -0.2) is 4.99 Å². The number of nitrogens with zero attached hydrogens (tertiary/aromatic N) is 2. The van der Waals surface area contributed by atoms with E-state index in [1.54, 1.807) is 0 Å². The Bertz CT molecular complexity index is 526. The van der Waals surface area contributed by atoms with Crippen molar-refractivity contribution in [1.29, 1.82) is 0 Å². The molecule has 1 saturated carbocycles. The molecule has 1 aliphatic rings. The molecule has 0 aliphatic heterocycles. The number of hydrogen-bond acceptors (Lipinski definition) is 4. The summed E-state index contributed by atoms with van der Waals surface area (Å²) in [6, 6.07) is 2.29. The van der Waals surface area contributed by atoms with Gasteiger partial charge in [0.25, 0.3) is 0 Å². The van der Waals surface area contributed by atoms with E-state index >= 15 is 0 Å². The third-order valence-corrected chi connectivity index (χ3v) is 3.27. The number of amides is 1. The largest absolute Gasteiger partial charge is 0.359 e. The number of nitrogens with one attached hydrogen (secondary N) is 3. The predicted octanol–water partition coefficient (Wildman–Crippen LogP) is 1.75. The van der Waals surface area contributed by atoms with Crippen LogP contribution >= 0.6 is 24.0 Å². The van der Waals surface area contributed by atoms with Crippen molar-refractivity contribution in [2.75, 3.05) is 13.1 Å². The average molecular weight is 435 g/mol. The first-order chi connectivity index (χ1) is 10.6. The minimum absolute atomic E-state index is 0. The van der Waals surface area contributed by atoms with Gasteiger partial charge in [-0.2, -0.15) is 0 Å². The first-order valence-corrected chi connectivity index (χ1v) is 7.85. The van der Waals surface area contributed by atoms with Gasteiger partial charge in [-0.15, -0.1) is 24.0 Å². The molecule has 0 spiro atoms. The lowest BCUT2D eigenvalue weighted by molar-refractivity contribution is -0.119. The lowest BCUT2D eigenvalue weighted by atomic mass is 10.1. The zero-order chi connectivity index (χ0) is 15.9. The molecule has 2 rings (SSSR count). The third-order valence-electron chi connectivity index (χ3n) is 3.27. The van der Waals surface area contributed by atoms with E-state index in [2.05, 4.69) is 39.9 Å². The Kier molecular flexibility index (Phi) is 8.35. The average Bonchev–Trinajstić information content (AvgIpc) is 3.15.